The van der Waals surface area contributed by atoms with Crippen molar-refractivity contribution in [3.05, 3.63) is 35.4 Å². The lowest BCUT2D eigenvalue weighted by molar-refractivity contribution is 0.133. The Labute approximate surface area is 115 Å². The van der Waals surface area contributed by atoms with Crippen LogP contribution < -0.4 is 0 Å². The highest BCUT2D eigenvalue weighted by atomic mass is 16.5. The smallest absolute Gasteiger partial charge is 0.123 e. The second kappa shape index (κ2) is 6.67. The standard InChI is InChI=1S/C15H21N3O/c1-17-7-9-18(10-8-17)15(11-16)14-5-3-13(4-6-14)12-19-2/h3-6,15H,7-10,12H2,1-2H3. The molecule has 1 fully saturated rings. The van der Waals surface area contributed by atoms with Crippen LogP contribution in [0, 0.1) is 11.3 Å². The third-order valence-electron chi connectivity index (χ3n) is 3.63. The summed E-state index contributed by atoms with van der Waals surface area (Å²) in [5.41, 5.74) is 2.22. The van der Waals surface area contributed by atoms with E-state index in [0.717, 1.165) is 37.3 Å². The number of ether oxygens (including phenoxy) is 1. The van der Waals surface area contributed by atoms with E-state index in [4.69, 9.17) is 4.74 Å². The largest absolute Gasteiger partial charge is 0.380 e. The molecule has 1 aromatic carbocycles. The van der Waals surface area contributed by atoms with Gasteiger partial charge in [-0.2, -0.15) is 5.26 Å². The highest BCUT2D eigenvalue weighted by Crippen LogP contribution is 2.21. The first-order chi connectivity index (χ1) is 9.24. The van der Waals surface area contributed by atoms with Gasteiger partial charge in [-0.15, -0.1) is 0 Å². The fourth-order valence-electron chi connectivity index (χ4n) is 2.41. The minimum absolute atomic E-state index is 0.134. The van der Waals surface area contributed by atoms with Gasteiger partial charge in [0.25, 0.3) is 0 Å². The fraction of sp³-hybridized carbons (Fsp3) is 0.533. The Morgan fingerprint density at radius 1 is 1.21 bits per heavy atom. The number of nitriles is 1. The molecule has 1 unspecified atom stereocenters. The number of hydrogen-bond donors (Lipinski definition) is 0. The number of benzene rings is 1. The Bertz CT molecular complexity index is 430. The van der Waals surface area contributed by atoms with Gasteiger partial charge in [-0.3, -0.25) is 4.90 Å². The second-order valence-electron chi connectivity index (χ2n) is 5.05. The molecule has 1 aliphatic heterocycles. The summed E-state index contributed by atoms with van der Waals surface area (Å²) in [5.74, 6) is 0. The minimum atomic E-state index is -0.134. The van der Waals surface area contributed by atoms with Crippen LogP contribution in [0.1, 0.15) is 17.2 Å². The summed E-state index contributed by atoms with van der Waals surface area (Å²) < 4.78 is 5.10. The Hall–Kier alpha value is -1.41. The van der Waals surface area contributed by atoms with Crippen LogP contribution in [0.3, 0.4) is 0 Å². The maximum absolute atomic E-state index is 9.44. The van der Waals surface area contributed by atoms with Crippen molar-refractivity contribution in [1.29, 1.82) is 5.26 Å². The quantitative estimate of drug-likeness (QED) is 0.824. The van der Waals surface area contributed by atoms with Crippen molar-refractivity contribution in [2.24, 2.45) is 0 Å². The molecule has 1 saturated heterocycles. The van der Waals surface area contributed by atoms with Gasteiger partial charge in [-0.1, -0.05) is 24.3 Å². The van der Waals surface area contributed by atoms with Crippen LogP contribution in [0.15, 0.2) is 24.3 Å². The summed E-state index contributed by atoms with van der Waals surface area (Å²) in [4.78, 5) is 4.55. The molecule has 102 valence electrons. The van der Waals surface area contributed by atoms with Crippen LogP contribution in [-0.4, -0.2) is 50.1 Å². The van der Waals surface area contributed by atoms with Crippen molar-refractivity contribution in [2.45, 2.75) is 12.6 Å². The van der Waals surface area contributed by atoms with Crippen LogP contribution in [0.2, 0.25) is 0 Å². The highest BCUT2D eigenvalue weighted by molar-refractivity contribution is 5.28. The van der Waals surface area contributed by atoms with E-state index >= 15 is 0 Å². The van der Waals surface area contributed by atoms with Crippen molar-refractivity contribution in [1.82, 2.24) is 9.80 Å². The van der Waals surface area contributed by atoms with E-state index in [-0.39, 0.29) is 6.04 Å². The van der Waals surface area contributed by atoms with E-state index in [0.29, 0.717) is 6.61 Å². The van der Waals surface area contributed by atoms with E-state index in [9.17, 15) is 5.26 Å². The highest BCUT2D eigenvalue weighted by Gasteiger charge is 2.23. The molecule has 2 rings (SSSR count). The van der Waals surface area contributed by atoms with Gasteiger partial charge in [0, 0.05) is 33.3 Å². The van der Waals surface area contributed by atoms with Gasteiger partial charge in [-0.05, 0) is 18.2 Å². The normalized spacial score (nSPS) is 19.0. The zero-order valence-corrected chi connectivity index (χ0v) is 11.7. The van der Waals surface area contributed by atoms with Crippen molar-refractivity contribution in [2.75, 3.05) is 40.3 Å². The number of hydrogen-bond acceptors (Lipinski definition) is 4. The maximum Gasteiger partial charge on any atom is 0.123 e. The number of methoxy groups -OCH3 is 1. The first kappa shape index (κ1) is 14.0. The van der Waals surface area contributed by atoms with Crippen LogP contribution in [0.25, 0.3) is 0 Å². The average Bonchev–Trinajstić information content (AvgIpc) is 2.44. The third kappa shape index (κ3) is 3.54. The summed E-state index contributed by atoms with van der Waals surface area (Å²) in [5, 5.41) is 9.44. The Balaban J connectivity index is 2.07. The predicted octanol–water partition coefficient (Wildman–Crippen LogP) is 1.65. The molecule has 0 N–H and O–H groups in total. The molecule has 0 bridgehead atoms. The second-order valence-corrected chi connectivity index (χ2v) is 5.05. The summed E-state index contributed by atoms with van der Waals surface area (Å²) in [6, 6.07) is 10.5. The molecule has 1 aliphatic rings. The first-order valence-electron chi connectivity index (χ1n) is 6.64. The third-order valence-corrected chi connectivity index (χ3v) is 3.63. The molecule has 0 spiro atoms. The molecule has 4 heteroatoms. The van der Waals surface area contributed by atoms with Gasteiger partial charge in [0.15, 0.2) is 0 Å². The van der Waals surface area contributed by atoms with Crippen LogP contribution in [0.5, 0.6) is 0 Å². The monoisotopic (exact) mass is 259 g/mol. The summed E-state index contributed by atoms with van der Waals surface area (Å²) in [6.45, 7) is 4.58. The van der Waals surface area contributed by atoms with Gasteiger partial charge in [0.1, 0.15) is 6.04 Å². The molecule has 0 aliphatic carbocycles. The van der Waals surface area contributed by atoms with Gasteiger partial charge < -0.3 is 9.64 Å². The fourth-order valence-corrected chi connectivity index (χ4v) is 2.41. The van der Waals surface area contributed by atoms with E-state index in [1.807, 2.05) is 24.3 Å². The number of likely N-dealkylation sites (N-methyl/N-ethyl adjacent to an activating group) is 1. The van der Waals surface area contributed by atoms with Crippen LogP contribution >= 0.6 is 0 Å². The summed E-state index contributed by atoms with van der Waals surface area (Å²) in [7, 11) is 3.81. The first-order valence-corrected chi connectivity index (χ1v) is 6.64. The van der Waals surface area contributed by atoms with Crippen molar-refractivity contribution >= 4 is 0 Å². The minimum Gasteiger partial charge on any atom is -0.380 e. The molecule has 1 heterocycles. The molecule has 1 aromatic rings. The van der Waals surface area contributed by atoms with E-state index in [1.165, 1.54) is 0 Å². The van der Waals surface area contributed by atoms with Gasteiger partial charge in [0.05, 0.1) is 12.7 Å². The van der Waals surface area contributed by atoms with E-state index in [2.05, 4.69) is 22.9 Å². The molecule has 0 saturated carbocycles. The number of rotatable bonds is 4. The summed E-state index contributed by atoms with van der Waals surface area (Å²) in [6.07, 6.45) is 0. The molecule has 19 heavy (non-hydrogen) atoms. The lowest BCUT2D eigenvalue weighted by Gasteiger charge is -2.35. The lowest BCUT2D eigenvalue weighted by Crippen LogP contribution is -2.45. The summed E-state index contributed by atoms with van der Waals surface area (Å²) >= 11 is 0. The molecular weight excluding hydrogens is 238 g/mol. The number of nitrogens with zero attached hydrogens (tertiary/aromatic N) is 3. The Morgan fingerprint density at radius 2 is 1.84 bits per heavy atom. The molecule has 0 aromatic heterocycles. The van der Waals surface area contributed by atoms with E-state index in [1.54, 1.807) is 7.11 Å². The SMILES string of the molecule is COCc1ccc(C(C#N)N2CCN(C)CC2)cc1. The van der Waals surface area contributed by atoms with Gasteiger partial charge >= 0.3 is 0 Å². The Kier molecular flexibility index (Phi) is 4.92. The van der Waals surface area contributed by atoms with Crippen molar-refractivity contribution < 1.29 is 4.74 Å². The maximum atomic E-state index is 9.44. The van der Waals surface area contributed by atoms with Gasteiger partial charge in [-0.25, -0.2) is 0 Å². The molecule has 4 nitrogen and oxygen atoms in total. The topological polar surface area (TPSA) is 39.5 Å². The van der Waals surface area contributed by atoms with Crippen LogP contribution in [-0.2, 0) is 11.3 Å². The predicted molar refractivity (Wildman–Crippen MR) is 74.6 cm³/mol. The molecular formula is C15H21N3O. The molecule has 1 atom stereocenters. The van der Waals surface area contributed by atoms with Crippen LogP contribution in [0.4, 0.5) is 0 Å². The van der Waals surface area contributed by atoms with E-state index < -0.39 is 0 Å². The zero-order chi connectivity index (χ0) is 13.7. The average molecular weight is 259 g/mol. The zero-order valence-electron chi connectivity index (χ0n) is 11.7. The van der Waals surface area contributed by atoms with Crippen molar-refractivity contribution in [3.8, 4) is 6.07 Å². The van der Waals surface area contributed by atoms with Crippen molar-refractivity contribution in [3.63, 3.8) is 0 Å². The van der Waals surface area contributed by atoms with Gasteiger partial charge in [0.2, 0.25) is 0 Å². The Morgan fingerprint density at radius 3 is 2.37 bits per heavy atom. The number of piperazine rings is 1. The molecule has 0 radical (unpaired) electrons. The lowest BCUT2D eigenvalue weighted by atomic mass is 10.0. The molecule has 0 amide bonds.